The standard InChI is InChI=1S/C40H30BNOS/c1-40(2,3)27-20-21-34-31(24-27)38-39(43-34)41-32-18-9-10-19-35(32)44-36-23-26(30-17-11-13-25-12-7-8-16-29(25)30)22-33(37(36)41)42(38)28-14-5-4-6-15-28/h4-24H,1-3H3/i7D,8D,11D,12D,13D,16D,17D. The van der Waals surface area contributed by atoms with Gasteiger partial charge in [-0.25, -0.2) is 0 Å². The quantitative estimate of drug-likeness (QED) is 0.187. The van der Waals surface area contributed by atoms with Gasteiger partial charge in [-0.1, -0.05) is 123 Å². The summed E-state index contributed by atoms with van der Waals surface area (Å²) in [7, 11) is 0. The van der Waals surface area contributed by atoms with Crippen LogP contribution in [-0.2, 0) is 5.41 Å². The van der Waals surface area contributed by atoms with Gasteiger partial charge < -0.3 is 9.32 Å². The van der Waals surface area contributed by atoms with Crippen LogP contribution in [0, 0.1) is 0 Å². The lowest BCUT2D eigenvalue weighted by Gasteiger charge is -2.38. The smallest absolute Gasteiger partial charge is 0.295 e. The van der Waals surface area contributed by atoms with Crippen molar-refractivity contribution in [1.29, 1.82) is 0 Å². The highest BCUT2D eigenvalue weighted by Crippen LogP contribution is 2.47. The number of benzene rings is 6. The van der Waals surface area contributed by atoms with Gasteiger partial charge in [-0.2, -0.15) is 0 Å². The summed E-state index contributed by atoms with van der Waals surface area (Å²) in [6.07, 6.45) is 0. The zero-order chi connectivity index (χ0) is 35.7. The molecule has 3 heterocycles. The Morgan fingerprint density at radius 1 is 0.773 bits per heavy atom. The van der Waals surface area contributed by atoms with Gasteiger partial charge in [0.05, 0.1) is 20.9 Å². The van der Waals surface area contributed by atoms with Crippen LogP contribution in [-0.4, -0.2) is 6.71 Å². The van der Waals surface area contributed by atoms with Crippen molar-refractivity contribution in [2.24, 2.45) is 0 Å². The maximum atomic E-state index is 9.19. The van der Waals surface area contributed by atoms with E-state index in [1.54, 1.807) is 11.8 Å². The van der Waals surface area contributed by atoms with Crippen molar-refractivity contribution in [3.8, 4) is 11.1 Å². The molecule has 0 aliphatic carbocycles. The molecule has 0 spiro atoms. The maximum absolute atomic E-state index is 9.19. The first kappa shape index (κ1) is 19.6. The second-order valence-electron chi connectivity index (χ2n) is 12.4. The topological polar surface area (TPSA) is 16.4 Å². The van der Waals surface area contributed by atoms with Gasteiger partial charge in [0, 0.05) is 26.6 Å². The largest absolute Gasteiger partial charge is 0.468 e. The molecule has 0 N–H and O–H groups in total. The zero-order valence-corrected chi connectivity index (χ0v) is 25.2. The van der Waals surface area contributed by atoms with Gasteiger partial charge in [0.2, 0.25) is 0 Å². The van der Waals surface area contributed by atoms with Gasteiger partial charge in [0.15, 0.2) is 0 Å². The molecule has 0 fully saturated rings. The van der Waals surface area contributed by atoms with E-state index in [0.717, 1.165) is 54.4 Å². The number of rotatable bonds is 2. The van der Waals surface area contributed by atoms with E-state index in [4.69, 9.17) is 12.6 Å². The fourth-order valence-electron chi connectivity index (χ4n) is 6.67. The van der Waals surface area contributed by atoms with Crippen LogP contribution in [0.5, 0.6) is 0 Å². The Kier molecular flexibility index (Phi) is 4.19. The van der Waals surface area contributed by atoms with E-state index in [2.05, 4.69) is 68.1 Å². The van der Waals surface area contributed by atoms with Crippen molar-refractivity contribution in [1.82, 2.24) is 0 Å². The van der Waals surface area contributed by atoms with Gasteiger partial charge in [-0.15, -0.1) is 0 Å². The normalized spacial score (nSPS) is 15.8. The minimum absolute atomic E-state index is 0.0584. The third-order valence-corrected chi connectivity index (χ3v) is 9.90. The molecule has 1 aromatic heterocycles. The second kappa shape index (κ2) is 9.42. The van der Waals surface area contributed by atoms with E-state index < -0.39 is 12.1 Å². The van der Waals surface area contributed by atoms with E-state index in [-0.39, 0.29) is 58.7 Å². The second-order valence-corrected chi connectivity index (χ2v) is 13.5. The molecule has 44 heavy (non-hydrogen) atoms. The van der Waals surface area contributed by atoms with E-state index in [1.807, 2.05) is 42.5 Å². The summed E-state index contributed by atoms with van der Waals surface area (Å²) >= 11 is 1.61. The molecule has 2 aliphatic heterocycles. The molecule has 0 amide bonds. The third-order valence-electron chi connectivity index (χ3n) is 8.76. The lowest BCUT2D eigenvalue weighted by molar-refractivity contribution is 0.590. The molecule has 0 atom stereocenters. The summed E-state index contributed by atoms with van der Waals surface area (Å²) in [6, 6.07) is 26.1. The van der Waals surface area contributed by atoms with Crippen LogP contribution in [0.2, 0.25) is 0 Å². The lowest BCUT2D eigenvalue weighted by Crippen LogP contribution is -2.59. The number of para-hydroxylation sites is 1. The van der Waals surface area contributed by atoms with E-state index in [0.29, 0.717) is 5.56 Å². The predicted molar refractivity (Wildman–Crippen MR) is 188 cm³/mol. The monoisotopic (exact) mass is 590 g/mol. The van der Waals surface area contributed by atoms with Crippen molar-refractivity contribution in [2.75, 3.05) is 4.90 Å². The Morgan fingerprint density at radius 2 is 1.57 bits per heavy atom. The van der Waals surface area contributed by atoms with Gasteiger partial charge >= 0.3 is 0 Å². The molecular formula is C40H30BNOS. The molecule has 0 saturated carbocycles. The molecule has 0 saturated heterocycles. The van der Waals surface area contributed by atoms with Crippen LogP contribution in [0.3, 0.4) is 0 Å². The number of hydrogen-bond acceptors (Lipinski definition) is 3. The molecule has 7 aromatic rings. The van der Waals surface area contributed by atoms with Crippen molar-refractivity contribution in [3.05, 3.63) is 133 Å². The summed E-state index contributed by atoms with van der Waals surface area (Å²) in [6.45, 7) is 6.34. The molecule has 210 valence electrons. The van der Waals surface area contributed by atoms with Crippen LogP contribution in [0.1, 0.15) is 35.9 Å². The summed E-state index contributed by atoms with van der Waals surface area (Å²) in [5.74, 6) is 0. The summed E-state index contributed by atoms with van der Waals surface area (Å²) < 4.78 is 68.1. The first-order valence-corrected chi connectivity index (χ1v) is 15.6. The highest BCUT2D eigenvalue weighted by Gasteiger charge is 2.45. The molecule has 6 aromatic carbocycles. The zero-order valence-electron chi connectivity index (χ0n) is 31.4. The molecular weight excluding hydrogens is 553 g/mol. The van der Waals surface area contributed by atoms with Gasteiger partial charge in [0.25, 0.3) is 6.71 Å². The molecule has 0 unspecified atom stereocenters. The molecule has 2 aliphatic rings. The first-order valence-electron chi connectivity index (χ1n) is 18.2. The third kappa shape index (κ3) is 3.77. The average molecular weight is 591 g/mol. The minimum Gasteiger partial charge on any atom is -0.468 e. The van der Waals surface area contributed by atoms with E-state index in [1.165, 1.54) is 5.56 Å². The van der Waals surface area contributed by atoms with Crippen LogP contribution >= 0.6 is 11.8 Å². The van der Waals surface area contributed by atoms with E-state index in [9.17, 15) is 1.37 Å². The van der Waals surface area contributed by atoms with Crippen molar-refractivity contribution in [2.45, 2.75) is 36.0 Å². The highest BCUT2D eigenvalue weighted by molar-refractivity contribution is 8.00. The number of hydrogen-bond donors (Lipinski definition) is 0. The molecule has 0 radical (unpaired) electrons. The summed E-state index contributed by atoms with van der Waals surface area (Å²) in [5.41, 5.74) is 8.26. The summed E-state index contributed by atoms with van der Waals surface area (Å²) in [4.78, 5) is 4.19. The lowest BCUT2D eigenvalue weighted by atomic mass is 9.37. The molecule has 9 rings (SSSR count). The molecule has 4 heteroatoms. The molecule has 2 nitrogen and oxygen atoms in total. The van der Waals surface area contributed by atoms with Gasteiger partial charge in [-0.05, 0) is 80.8 Å². The van der Waals surface area contributed by atoms with Crippen LogP contribution < -0.4 is 21.5 Å². The maximum Gasteiger partial charge on any atom is 0.295 e. The Hall–Kier alpha value is -4.67. The number of furan rings is 1. The Bertz CT molecular complexity index is 2640. The highest BCUT2D eigenvalue weighted by atomic mass is 32.2. The van der Waals surface area contributed by atoms with Crippen LogP contribution in [0.4, 0.5) is 17.1 Å². The number of nitrogens with zero attached hydrogens (tertiary/aromatic N) is 1. The van der Waals surface area contributed by atoms with Crippen LogP contribution in [0.25, 0.3) is 32.9 Å². The van der Waals surface area contributed by atoms with Crippen molar-refractivity contribution in [3.63, 3.8) is 0 Å². The fraction of sp³-hybridized carbons (Fsp3) is 0.100. The Balaban J connectivity index is 1.44. The van der Waals surface area contributed by atoms with E-state index >= 15 is 0 Å². The molecule has 0 bridgehead atoms. The average Bonchev–Trinajstić information content (AvgIpc) is 3.50. The fourth-order valence-corrected chi connectivity index (χ4v) is 7.87. The van der Waals surface area contributed by atoms with Crippen molar-refractivity contribution < 1.29 is 14.0 Å². The Morgan fingerprint density at radius 3 is 2.43 bits per heavy atom. The SMILES string of the molecule is [2H]c1c([2H])c([2H])c2c(-c3cc4c5c(c3)N(c3ccccc3)c3c(oc6ccc(C(C)(C)C)cc36)B5c3ccccc3S4)c([2H])c([2H])c([2H])c2c1[2H]. The first-order chi connectivity index (χ1) is 24.4. The van der Waals surface area contributed by atoms with Crippen molar-refractivity contribution >= 4 is 73.9 Å². The van der Waals surface area contributed by atoms with Crippen LogP contribution in [0.15, 0.2) is 141 Å². The minimum atomic E-state index is -0.469. The number of fused-ring (bicyclic) bond motifs is 7. The number of anilines is 3. The van der Waals surface area contributed by atoms with Gasteiger partial charge in [0.1, 0.15) is 5.58 Å². The summed E-state index contributed by atoms with van der Waals surface area (Å²) in [5, 5.41) is 0.988. The predicted octanol–water partition coefficient (Wildman–Crippen LogP) is 9.31. The van der Waals surface area contributed by atoms with Gasteiger partial charge in [-0.3, -0.25) is 0 Å². The Labute approximate surface area is 272 Å².